The molecule has 26 heavy (non-hydrogen) atoms. The first-order valence-corrected chi connectivity index (χ1v) is 8.51. The zero-order valence-electron chi connectivity index (χ0n) is 15.2. The Hall–Kier alpha value is -2.96. The highest BCUT2D eigenvalue weighted by atomic mass is 16.5. The van der Waals surface area contributed by atoms with E-state index in [9.17, 15) is 9.59 Å². The van der Waals surface area contributed by atoms with Gasteiger partial charge in [0, 0.05) is 0 Å². The summed E-state index contributed by atoms with van der Waals surface area (Å²) in [5.74, 6) is 1.14. The van der Waals surface area contributed by atoms with Crippen molar-refractivity contribution in [2.45, 2.75) is 39.4 Å². The van der Waals surface area contributed by atoms with Crippen LogP contribution in [0.15, 0.2) is 47.1 Å². The number of carbonyl (C=O) groups excluding carboxylic acids is 2. The number of benzene rings is 1. The van der Waals surface area contributed by atoms with Crippen LogP contribution in [0.4, 0.5) is 4.79 Å². The molecule has 3 N–H and O–H groups in total. The summed E-state index contributed by atoms with van der Waals surface area (Å²) in [4.78, 5) is 24.0. The van der Waals surface area contributed by atoms with Gasteiger partial charge in [-0.05, 0) is 44.5 Å². The van der Waals surface area contributed by atoms with Gasteiger partial charge in [-0.25, -0.2) is 4.79 Å². The van der Waals surface area contributed by atoms with Crippen LogP contribution in [0, 0.1) is 6.92 Å². The number of aryl methyl sites for hydroxylation is 1. The lowest BCUT2D eigenvalue weighted by atomic mass is 10.2. The normalized spacial score (nSPS) is 12.7. The van der Waals surface area contributed by atoms with Gasteiger partial charge in [0.05, 0.1) is 18.8 Å². The third-order valence-electron chi connectivity index (χ3n) is 3.72. The average Bonchev–Trinajstić information content (AvgIpc) is 3.12. The number of hydrogen-bond donors (Lipinski definition) is 3. The van der Waals surface area contributed by atoms with E-state index < -0.39 is 12.1 Å². The lowest BCUT2D eigenvalue weighted by molar-refractivity contribution is -0.122. The first-order chi connectivity index (χ1) is 12.5. The van der Waals surface area contributed by atoms with Gasteiger partial charge in [0.2, 0.25) is 5.91 Å². The molecule has 0 aliphatic rings. The molecule has 0 radical (unpaired) electrons. The lowest BCUT2D eigenvalue weighted by Crippen LogP contribution is -2.51. The van der Waals surface area contributed by atoms with Gasteiger partial charge in [-0.15, -0.1) is 0 Å². The number of carbonyl (C=O) groups is 2. The standard InChI is InChI=1S/C19H25N3O4/c1-13-7-4-5-9-17(13)26-12-14(2)21-19(24)22-15(3)18(23)20-11-16-8-6-10-25-16/h4-10,14-15H,11-12H2,1-3H3,(H,20,23)(H2,21,22,24)/t14-,15-/m0/s1. The summed E-state index contributed by atoms with van der Waals surface area (Å²) in [6.45, 7) is 6.02. The predicted octanol–water partition coefficient (Wildman–Crippen LogP) is 2.36. The van der Waals surface area contributed by atoms with Gasteiger partial charge in [0.25, 0.3) is 0 Å². The smallest absolute Gasteiger partial charge is 0.315 e. The first-order valence-electron chi connectivity index (χ1n) is 8.51. The van der Waals surface area contributed by atoms with Crippen molar-refractivity contribution in [3.8, 4) is 5.75 Å². The van der Waals surface area contributed by atoms with Crippen molar-refractivity contribution in [1.82, 2.24) is 16.0 Å². The van der Waals surface area contributed by atoms with Crippen LogP contribution in [0.2, 0.25) is 0 Å². The summed E-state index contributed by atoms with van der Waals surface area (Å²) in [5, 5.41) is 8.05. The quantitative estimate of drug-likeness (QED) is 0.675. The summed E-state index contributed by atoms with van der Waals surface area (Å²) in [7, 11) is 0. The zero-order valence-corrected chi connectivity index (χ0v) is 15.2. The van der Waals surface area contributed by atoms with E-state index in [2.05, 4.69) is 16.0 Å². The fourth-order valence-electron chi connectivity index (χ4n) is 2.24. The zero-order chi connectivity index (χ0) is 18.9. The van der Waals surface area contributed by atoms with Crippen LogP contribution in [0.5, 0.6) is 5.75 Å². The molecule has 7 nitrogen and oxygen atoms in total. The minimum atomic E-state index is -0.672. The molecular formula is C19H25N3O4. The Morgan fingerprint density at radius 3 is 2.58 bits per heavy atom. The lowest BCUT2D eigenvalue weighted by Gasteiger charge is -2.18. The number of para-hydroxylation sites is 1. The fraction of sp³-hybridized carbons (Fsp3) is 0.368. The number of urea groups is 1. The molecule has 0 unspecified atom stereocenters. The molecule has 2 rings (SSSR count). The van der Waals surface area contributed by atoms with Crippen LogP contribution in [0.3, 0.4) is 0 Å². The molecule has 0 spiro atoms. The molecule has 3 amide bonds. The molecule has 140 valence electrons. The fourth-order valence-corrected chi connectivity index (χ4v) is 2.24. The van der Waals surface area contributed by atoms with Crippen molar-refractivity contribution >= 4 is 11.9 Å². The van der Waals surface area contributed by atoms with Crippen molar-refractivity contribution in [3.63, 3.8) is 0 Å². The van der Waals surface area contributed by atoms with Gasteiger partial charge in [0.15, 0.2) is 0 Å². The summed E-state index contributed by atoms with van der Waals surface area (Å²) in [6.07, 6.45) is 1.54. The molecule has 0 bridgehead atoms. The van der Waals surface area contributed by atoms with Crippen LogP contribution in [-0.2, 0) is 11.3 Å². The molecule has 0 saturated carbocycles. The second kappa shape index (κ2) is 9.50. The van der Waals surface area contributed by atoms with E-state index in [-0.39, 0.29) is 18.5 Å². The van der Waals surface area contributed by atoms with Crippen LogP contribution >= 0.6 is 0 Å². The Balaban J connectivity index is 1.69. The average molecular weight is 359 g/mol. The monoisotopic (exact) mass is 359 g/mol. The minimum Gasteiger partial charge on any atom is -0.491 e. The van der Waals surface area contributed by atoms with Crippen molar-refractivity contribution in [2.75, 3.05) is 6.61 Å². The maximum atomic E-state index is 12.0. The molecule has 0 aliphatic carbocycles. The van der Waals surface area contributed by atoms with E-state index in [1.54, 1.807) is 19.1 Å². The van der Waals surface area contributed by atoms with E-state index in [4.69, 9.17) is 9.15 Å². The second-order valence-electron chi connectivity index (χ2n) is 6.11. The third kappa shape index (κ3) is 6.16. The van der Waals surface area contributed by atoms with Gasteiger partial charge >= 0.3 is 6.03 Å². The Labute approximate surface area is 153 Å². The van der Waals surface area contributed by atoms with E-state index in [1.807, 2.05) is 38.1 Å². The van der Waals surface area contributed by atoms with Crippen molar-refractivity contribution < 1.29 is 18.7 Å². The van der Waals surface area contributed by atoms with E-state index in [1.165, 1.54) is 6.26 Å². The van der Waals surface area contributed by atoms with Gasteiger partial charge in [-0.1, -0.05) is 18.2 Å². The second-order valence-corrected chi connectivity index (χ2v) is 6.11. The Kier molecular flexibility index (Phi) is 7.08. The van der Waals surface area contributed by atoms with Crippen LogP contribution in [0.1, 0.15) is 25.2 Å². The van der Waals surface area contributed by atoms with E-state index >= 15 is 0 Å². The molecule has 2 atom stereocenters. The van der Waals surface area contributed by atoms with Crippen molar-refractivity contribution in [1.29, 1.82) is 0 Å². The number of rotatable bonds is 8. The van der Waals surface area contributed by atoms with Crippen LogP contribution < -0.4 is 20.7 Å². The SMILES string of the molecule is Cc1ccccc1OC[C@H](C)NC(=O)N[C@@H](C)C(=O)NCc1ccco1. The highest BCUT2D eigenvalue weighted by Crippen LogP contribution is 2.16. The summed E-state index contributed by atoms with van der Waals surface area (Å²) in [6, 6.07) is 9.88. The van der Waals surface area contributed by atoms with Gasteiger partial charge in [0.1, 0.15) is 24.2 Å². The highest BCUT2D eigenvalue weighted by Gasteiger charge is 2.17. The largest absolute Gasteiger partial charge is 0.491 e. The number of hydrogen-bond acceptors (Lipinski definition) is 4. The van der Waals surface area contributed by atoms with Crippen LogP contribution in [-0.4, -0.2) is 30.6 Å². The Bertz CT molecular complexity index is 715. The molecule has 1 aromatic heterocycles. The maximum absolute atomic E-state index is 12.0. The first kappa shape index (κ1) is 19.4. The van der Waals surface area contributed by atoms with Crippen molar-refractivity contribution in [3.05, 3.63) is 54.0 Å². The number of amides is 3. The third-order valence-corrected chi connectivity index (χ3v) is 3.72. The molecule has 0 saturated heterocycles. The molecule has 1 aromatic carbocycles. The summed E-state index contributed by atoms with van der Waals surface area (Å²) >= 11 is 0. The number of nitrogens with one attached hydrogen (secondary N) is 3. The van der Waals surface area contributed by atoms with Crippen molar-refractivity contribution in [2.24, 2.45) is 0 Å². The molecule has 7 heteroatoms. The summed E-state index contributed by atoms with van der Waals surface area (Å²) < 4.78 is 10.8. The van der Waals surface area contributed by atoms with Crippen LogP contribution in [0.25, 0.3) is 0 Å². The Morgan fingerprint density at radius 2 is 1.88 bits per heavy atom. The molecule has 1 heterocycles. The topological polar surface area (TPSA) is 92.6 Å². The van der Waals surface area contributed by atoms with Gasteiger partial charge < -0.3 is 25.1 Å². The molecule has 0 fully saturated rings. The van der Waals surface area contributed by atoms with Gasteiger partial charge in [-0.2, -0.15) is 0 Å². The highest BCUT2D eigenvalue weighted by molar-refractivity contribution is 5.86. The van der Waals surface area contributed by atoms with E-state index in [0.29, 0.717) is 12.4 Å². The maximum Gasteiger partial charge on any atom is 0.315 e. The molecule has 2 aromatic rings. The molecular weight excluding hydrogens is 334 g/mol. The minimum absolute atomic E-state index is 0.215. The van der Waals surface area contributed by atoms with Gasteiger partial charge in [-0.3, -0.25) is 4.79 Å². The van der Waals surface area contributed by atoms with E-state index in [0.717, 1.165) is 11.3 Å². The number of furan rings is 1. The number of ether oxygens (including phenoxy) is 1. The Morgan fingerprint density at radius 1 is 1.12 bits per heavy atom. The predicted molar refractivity (Wildman–Crippen MR) is 97.8 cm³/mol. The summed E-state index contributed by atoms with van der Waals surface area (Å²) in [5.41, 5.74) is 1.03. The molecule has 0 aliphatic heterocycles.